The highest BCUT2D eigenvalue weighted by atomic mass is 31.2. The van der Waals surface area contributed by atoms with Gasteiger partial charge in [0, 0.05) is 12.8 Å². The van der Waals surface area contributed by atoms with Crippen molar-refractivity contribution in [3.8, 4) is 0 Å². The Morgan fingerprint density at radius 2 is 1.24 bits per heavy atom. The summed E-state index contributed by atoms with van der Waals surface area (Å²) in [6.07, 6.45) is 32.4. The Bertz CT molecular complexity index is 888. The van der Waals surface area contributed by atoms with Gasteiger partial charge >= 0.3 is 19.8 Å². The predicted molar refractivity (Wildman–Crippen MR) is 197 cm³/mol. The second kappa shape index (κ2) is 30.4. The summed E-state index contributed by atoms with van der Waals surface area (Å²) in [5.41, 5.74) is 0. The van der Waals surface area contributed by atoms with E-state index in [0.717, 1.165) is 70.1 Å². The third-order valence-corrected chi connectivity index (χ3v) is 9.62. The number of unbranched alkanes of at least 4 members (excludes halogenated alkanes) is 18. The van der Waals surface area contributed by atoms with Crippen LogP contribution in [0, 0.1) is 5.92 Å². The molecule has 1 heterocycles. The Hall–Kier alpha value is -1.25. The monoisotopic (exact) mass is 716 g/mol. The standard InChI is InChI=1S/C39H73O9P/c1-4-5-6-7-18-23-28-36-37(48-36)29-24-19-16-21-25-30-38(40)45-32-35(33-46-49(42,43)44)47-39(41)31-26-20-15-13-11-9-8-10-12-14-17-22-27-34(2)3/h18,23,34-37H,4-17,19-22,24-33H2,1-3H3,(H2,42,43,44)/b23-18-/t35-,36?,37?/m1/s1. The minimum absolute atomic E-state index is 0.209. The van der Waals surface area contributed by atoms with Gasteiger partial charge in [0.15, 0.2) is 6.10 Å². The van der Waals surface area contributed by atoms with Gasteiger partial charge in [-0.25, -0.2) is 4.57 Å². The third-order valence-electron chi connectivity index (χ3n) is 9.14. The molecule has 0 amide bonds. The van der Waals surface area contributed by atoms with Gasteiger partial charge in [-0.2, -0.15) is 0 Å². The van der Waals surface area contributed by atoms with Gasteiger partial charge in [-0.3, -0.25) is 14.1 Å². The van der Waals surface area contributed by atoms with Crippen LogP contribution in [0.5, 0.6) is 0 Å². The van der Waals surface area contributed by atoms with Crippen molar-refractivity contribution in [1.82, 2.24) is 0 Å². The summed E-state index contributed by atoms with van der Waals surface area (Å²) in [4.78, 5) is 42.8. The molecule has 1 aliphatic rings. The summed E-state index contributed by atoms with van der Waals surface area (Å²) in [6.45, 7) is 5.97. The molecule has 0 bridgehead atoms. The number of rotatable bonds is 35. The number of esters is 2. The normalized spacial score (nSPS) is 16.8. The van der Waals surface area contributed by atoms with E-state index >= 15 is 0 Å². The van der Waals surface area contributed by atoms with Crippen molar-refractivity contribution >= 4 is 19.8 Å². The first kappa shape index (κ1) is 45.8. The quantitative estimate of drug-likeness (QED) is 0.0216. The molecule has 0 aromatic rings. The van der Waals surface area contributed by atoms with Crippen LogP contribution in [-0.4, -0.2) is 53.3 Å². The van der Waals surface area contributed by atoms with Crippen molar-refractivity contribution in [2.24, 2.45) is 5.92 Å². The predicted octanol–water partition coefficient (Wildman–Crippen LogP) is 10.7. The van der Waals surface area contributed by atoms with Crippen molar-refractivity contribution in [2.45, 2.75) is 206 Å². The second-order valence-electron chi connectivity index (χ2n) is 14.5. The van der Waals surface area contributed by atoms with Gasteiger partial charge in [0.2, 0.25) is 0 Å². The Balaban J connectivity index is 2.07. The summed E-state index contributed by atoms with van der Waals surface area (Å²) < 4.78 is 32.1. The van der Waals surface area contributed by atoms with Crippen LogP contribution < -0.4 is 0 Å². The van der Waals surface area contributed by atoms with Crippen molar-refractivity contribution in [1.29, 1.82) is 0 Å². The first-order valence-corrected chi connectivity index (χ1v) is 21.5. The van der Waals surface area contributed by atoms with E-state index in [1.807, 2.05) is 0 Å². The molecule has 1 aliphatic heterocycles. The number of allylic oxidation sites excluding steroid dienone is 1. The smallest absolute Gasteiger partial charge is 0.462 e. The SMILES string of the molecule is CCCCC/C=C\CC1OC1CCCCCCCC(=O)OC[C@H](COP(=O)(O)O)OC(=O)CCCCCCCCCCCCCCC(C)C. The maximum absolute atomic E-state index is 12.4. The van der Waals surface area contributed by atoms with Gasteiger partial charge in [0.1, 0.15) is 6.61 Å². The van der Waals surface area contributed by atoms with Gasteiger partial charge in [0.25, 0.3) is 0 Å². The number of ether oxygens (including phenoxy) is 3. The number of phosphoric acid groups is 1. The number of epoxide rings is 1. The van der Waals surface area contributed by atoms with E-state index < -0.39 is 32.5 Å². The summed E-state index contributed by atoms with van der Waals surface area (Å²) in [6, 6.07) is 0. The molecule has 2 unspecified atom stereocenters. The highest BCUT2D eigenvalue weighted by molar-refractivity contribution is 7.46. The summed E-state index contributed by atoms with van der Waals surface area (Å²) >= 11 is 0. The van der Waals surface area contributed by atoms with E-state index in [1.54, 1.807) is 0 Å². The fourth-order valence-corrected chi connectivity index (χ4v) is 6.40. The molecule has 0 aromatic heterocycles. The summed E-state index contributed by atoms with van der Waals surface area (Å²) in [5, 5.41) is 0. The Morgan fingerprint density at radius 1 is 0.694 bits per heavy atom. The lowest BCUT2D eigenvalue weighted by atomic mass is 10.0. The zero-order valence-corrected chi connectivity index (χ0v) is 32.4. The molecule has 3 atom stereocenters. The first-order valence-electron chi connectivity index (χ1n) is 20.0. The molecule has 10 heteroatoms. The molecule has 288 valence electrons. The zero-order valence-electron chi connectivity index (χ0n) is 31.5. The highest BCUT2D eigenvalue weighted by Crippen LogP contribution is 2.36. The Morgan fingerprint density at radius 3 is 1.82 bits per heavy atom. The molecule has 0 spiro atoms. The largest absolute Gasteiger partial charge is 0.469 e. The second-order valence-corrected chi connectivity index (χ2v) is 15.7. The van der Waals surface area contributed by atoms with Crippen molar-refractivity contribution in [3.63, 3.8) is 0 Å². The van der Waals surface area contributed by atoms with Crippen LogP contribution in [0.3, 0.4) is 0 Å². The molecule has 0 saturated carbocycles. The molecule has 0 radical (unpaired) electrons. The minimum Gasteiger partial charge on any atom is -0.462 e. The third kappa shape index (κ3) is 31.2. The van der Waals surface area contributed by atoms with Gasteiger partial charge < -0.3 is 24.0 Å². The van der Waals surface area contributed by atoms with Crippen LogP contribution in [0.1, 0.15) is 188 Å². The Labute approximate surface area is 299 Å². The average Bonchev–Trinajstić information content (AvgIpc) is 3.80. The van der Waals surface area contributed by atoms with Crippen LogP contribution in [-0.2, 0) is 32.9 Å². The molecule has 1 fully saturated rings. The highest BCUT2D eigenvalue weighted by Gasteiger charge is 2.36. The molecule has 1 rings (SSSR count). The zero-order chi connectivity index (χ0) is 36.0. The summed E-state index contributed by atoms with van der Waals surface area (Å²) in [7, 11) is -4.76. The minimum atomic E-state index is -4.76. The van der Waals surface area contributed by atoms with Crippen molar-refractivity contribution < 1.29 is 42.7 Å². The molecule has 2 N–H and O–H groups in total. The van der Waals surface area contributed by atoms with E-state index in [0.29, 0.717) is 25.0 Å². The van der Waals surface area contributed by atoms with Crippen LogP contribution in [0.2, 0.25) is 0 Å². The molecule has 0 aliphatic carbocycles. The van der Waals surface area contributed by atoms with E-state index in [4.69, 9.17) is 24.0 Å². The van der Waals surface area contributed by atoms with Gasteiger partial charge in [-0.05, 0) is 44.4 Å². The Kier molecular flexibility index (Phi) is 28.4. The maximum Gasteiger partial charge on any atom is 0.469 e. The lowest BCUT2D eigenvalue weighted by Crippen LogP contribution is -2.29. The van der Waals surface area contributed by atoms with Crippen LogP contribution >= 0.6 is 7.82 Å². The number of hydrogen-bond donors (Lipinski definition) is 2. The van der Waals surface area contributed by atoms with E-state index in [1.165, 1.54) is 77.0 Å². The van der Waals surface area contributed by atoms with Gasteiger partial charge in [-0.1, -0.05) is 148 Å². The number of hydrogen-bond acceptors (Lipinski definition) is 7. The summed E-state index contributed by atoms with van der Waals surface area (Å²) in [5.74, 6) is -0.0874. The topological polar surface area (TPSA) is 132 Å². The average molecular weight is 717 g/mol. The van der Waals surface area contributed by atoms with Crippen molar-refractivity contribution in [2.75, 3.05) is 13.2 Å². The number of carbonyl (C=O) groups is 2. The number of carbonyl (C=O) groups excluding carboxylic acids is 2. The van der Waals surface area contributed by atoms with Crippen LogP contribution in [0.15, 0.2) is 12.2 Å². The van der Waals surface area contributed by atoms with E-state index in [9.17, 15) is 14.2 Å². The van der Waals surface area contributed by atoms with Gasteiger partial charge in [-0.15, -0.1) is 0 Å². The maximum atomic E-state index is 12.4. The molecule has 9 nitrogen and oxygen atoms in total. The van der Waals surface area contributed by atoms with Crippen LogP contribution in [0.4, 0.5) is 0 Å². The lowest BCUT2D eigenvalue weighted by molar-refractivity contribution is -0.161. The molecular formula is C39H73O9P. The van der Waals surface area contributed by atoms with Crippen LogP contribution in [0.25, 0.3) is 0 Å². The first-order chi connectivity index (χ1) is 23.6. The lowest BCUT2D eigenvalue weighted by Gasteiger charge is -2.18. The van der Waals surface area contributed by atoms with E-state index in [-0.39, 0.29) is 19.4 Å². The van der Waals surface area contributed by atoms with Gasteiger partial charge in [0.05, 0.1) is 18.8 Å². The number of phosphoric ester groups is 1. The fraction of sp³-hybridized carbons (Fsp3) is 0.897. The van der Waals surface area contributed by atoms with Crippen molar-refractivity contribution in [3.05, 3.63) is 12.2 Å². The van der Waals surface area contributed by atoms with E-state index in [2.05, 4.69) is 37.4 Å². The molecule has 49 heavy (non-hydrogen) atoms. The molecule has 0 aromatic carbocycles. The molecule has 1 saturated heterocycles. The molecular weight excluding hydrogens is 643 g/mol. The fourth-order valence-electron chi connectivity index (χ4n) is 6.03.